The lowest BCUT2D eigenvalue weighted by molar-refractivity contribution is 0.0955. The molecule has 3 aromatic rings. The van der Waals surface area contributed by atoms with Crippen LogP contribution in [0.3, 0.4) is 0 Å². The van der Waals surface area contributed by atoms with Gasteiger partial charge in [0.15, 0.2) is 0 Å². The second-order valence-electron chi connectivity index (χ2n) is 5.49. The van der Waals surface area contributed by atoms with Crippen LogP contribution < -0.4 is 10.2 Å². The highest BCUT2D eigenvalue weighted by Crippen LogP contribution is 2.20. The summed E-state index contributed by atoms with van der Waals surface area (Å²) in [5.74, 6) is 0.365. The van der Waals surface area contributed by atoms with Crippen molar-refractivity contribution in [1.29, 1.82) is 0 Å². The molecule has 1 N–H and O–H groups in total. The SMILES string of the molecule is COc1ccc(C(=O)N/N=C/c2cc3ccc(C)cc3nc2Cl)cc1. The van der Waals surface area contributed by atoms with Crippen LogP contribution in [0.2, 0.25) is 5.15 Å². The van der Waals surface area contributed by atoms with Gasteiger partial charge in [-0.2, -0.15) is 5.10 Å². The summed E-state index contributed by atoms with van der Waals surface area (Å²) >= 11 is 6.19. The average molecular weight is 354 g/mol. The van der Waals surface area contributed by atoms with Crippen LogP contribution in [-0.4, -0.2) is 24.2 Å². The van der Waals surface area contributed by atoms with E-state index in [1.165, 1.54) is 6.21 Å². The van der Waals surface area contributed by atoms with Crippen molar-refractivity contribution in [3.63, 3.8) is 0 Å². The normalized spacial score (nSPS) is 11.0. The molecule has 0 radical (unpaired) electrons. The zero-order chi connectivity index (χ0) is 17.8. The summed E-state index contributed by atoms with van der Waals surface area (Å²) in [6.45, 7) is 2.00. The van der Waals surface area contributed by atoms with Gasteiger partial charge in [-0.1, -0.05) is 23.7 Å². The molecule has 0 unspecified atom stereocenters. The second kappa shape index (κ2) is 7.32. The van der Waals surface area contributed by atoms with Gasteiger partial charge < -0.3 is 4.74 Å². The molecule has 0 atom stereocenters. The van der Waals surface area contributed by atoms with Crippen molar-refractivity contribution in [2.45, 2.75) is 6.92 Å². The van der Waals surface area contributed by atoms with Crippen LogP contribution in [0.1, 0.15) is 21.5 Å². The van der Waals surface area contributed by atoms with E-state index in [0.29, 0.717) is 22.0 Å². The minimum absolute atomic E-state index is 0.320. The molecule has 6 heteroatoms. The molecule has 0 aliphatic heterocycles. The van der Waals surface area contributed by atoms with Crippen LogP contribution in [0.4, 0.5) is 0 Å². The highest BCUT2D eigenvalue weighted by Gasteiger charge is 2.06. The van der Waals surface area contributed by atoms with Crippen LogP contribution in [-0.2, 0) is 0 Å². The minimum atomic E-state index is -0.320. The maximum Gasteiger partial charge on any atom is 0.271 e. The number of hydrogen-bond donors (Lipinski definition) is 1. The fourth-order valence-corrected chi connectivity index (χ4v) is 2.52. The average Bonchev–Trinajstić information content (AvgIpc) is 2.62. The number of rotatable bonds is 4. The molecule has 1 heterocycles. The van der Waals surface area contributed by atoms with E-state index in [1.54, 1.807) is 31.4 Å². The Morgan fingerprint density at radius 1 is 1.20 bits per heavy atom. The zero-order valence-corrected chi connectivity index (χ0v) is 14.5. The van der Waals surface area contributed by atoms with Crippen molar-refractivity contribution in [3.05, 3.63) is 70.4 Å². The third-order valence-electron chi connectivity index (χ3n) is 3.68. The van der Waals surface area contributed by atoms with Gasteiger partial charge in [0.1, 0.15) is 10.9 Å². The number of nitrogens with one attached hydrogen (secondary N) is 1. The Balaban J connectivity index is 1.75. The van der Waals surface area contributed by atoms with Crippen LogP contribution in [0, 0.1) is 6.92 Å². The molecule has 0 aliphatic rings. The topological polar surface area (TPSA) is 63.6 Å². The second-order valence-corrected chi connectivity index (χ2v) is 5.85. The first-order valence-corrected chi connectivity index (χ1v) is 7.99. The van der Waals surface area contributed by atoms with Gasteiger partial charge in [0, 0.05) is 16.5 Å². The molecule has 1 aromatic heterocycles. The molecule has 0 aliphatic carbocycles. The van der Waals surface area contributed by atoms with E-state index in [1.807, 2.05) is 31.2 Å². The number of benzene rings is 2. The number of ether oxygens (including phenoxy) is 1. The fourth-order valence-electron chi connectivity index (χ4n) is 2.33. The van der Waals surface area contributed by atoms with Crippen molar-refractivity contribution in [3.8, 4) is 5.75 Å². The van der Waals surface area contributed by atoms with E-state index < -0.39 is 0 Å². The maximum absolute atomic E-state index is 12.1. The van der Waals surface area contributed by atoms with Crippen molar-refractivity contribution >= 4 is 34.6 Å². The highest BCUT2D eigenvalue weighted by atomic mass is 35.5. The van der Waals surface area contributed by atoms with Crippen LogP contribution >= 0.6 is 11.6 Å². The molecule has 0 saturated heterocycles. The van der Waals surface area contributed by atoms with E-state index in [-0.39, 0.29) is 5.91 Å². The molecule has 0 spiro atoms. The molecule has 2 aromatic carbocycles. The number of amides is 1. The molecular weight excluding hydrogens is 338 g/mol. The molecule has 0 fully saturated rings. The summed E-state index contributed by atoms with van der Waals surface area (Å²) in [4.78, 5) is 16.4. The number of nitrogens with zero attached hydrogens (tertiary/aromatic N) is 2. The predicted octanol–water partition coefficient (Wildman–Crippen LogP) is 3.97. The zero-order valence-electron chi connectivity index (χ0n) is 13.8. The van der Waals surface area contributed by atoms with E-state index in [9.17, 15) is 4.79 Å². The van der Waals surface area contributed by atoms with Crippen molar-refractivity contribution < 1.29 is 9.53 Å². The van der Waals surface area contributed by atoms with Gasteiger partial charge in [0.25, 0.3) is 5.91 Å². The number of hydrogen-bond acceptors (Lipinski definition) is 4. The Hall–Kier alpha value is -2.92. The monoisotopic (exact) mass is 353 g/mol. The molecule has 0 saturated carbocycles. The van der Waals surface area contributed by atoms with Crippen LogP contribution in [0.15, 0.2) is 53.6 Å². The summed E-state index contributed by atoms with van der Waals surface area (Å²) in [6.07, 6.45) is 1.48. The molecule has 5 nitrogen and oxygen atoms in total. The quantitative estimate of drug-likeness (QED) is 0.438. The summed E-state index contributed by atoms with van der Waals surface area (Å²) < 4.78 is 5.06. The van der Waals surface area contributed by atoms with Gasteiger partial charge >= 0.3 is 0 Å². The fraction of sp³-hybridized carbons (Fsp3) is 0.105. The first kappa shape index (κ1) is 16.9. The summed E-state index contributed by atoms with van der Waals surface area (Å²) in [5, 5.41) is 5.26. The van der Waals surface area contributed by atoms with Crippen molar-refractivity contribution in [1.82, 2.24) is 10.4 Å². The van der Waals surface area contributed by atoms with Crippen LogP contribution in [0.25, 0.3) is 10.9 Å². The number of carbonyl (C=O) groups is 1. The number of hydrazone groups is 1. The van der Waals surface area contributed by atoms with Crippen molar-refractivity contribution in [2.24, 2.45) is 5.10 Å². The Labute approximate surface area is 150 Å². The molecule has 3 rings (SSSR count). The van der Waals surface area contributed by atoms with E-state index in [0.717, 1.165) is 16.5 Å². The summed E-state index contributed by atoms with van der Waals surface area (Å²) in [5.41, 5.74) is 5.53. The third-order valence-corrected chi connectivity index (χ3v) is 3.98. The summed E-state index contributed by atoms with van der Waals surface area (Å²) in [6, 6.07) is 14.6. The van der Waals surface area contributed by atoms with E-state index in [2.05, 4.69) is 15.5 Å². The molecular formula is C19H16ClN3O2. The number of methoxy groups -OCH3 is 1. The van der Waals surface area contributed by atoms with Gasteiger partial charge in [-0.25, -0.2) is 10.4 Å². The summed E-state index contributed by atoms with van der Waals surface area (Å²) in [7, 11) is 1.57. The van der Waals surface area contributed by atoms with Crippen LogP contribution in [0.5, 0.6) is 5.75 Å². The van der Waals surface area contributed by atoms with E-state index >= 15 is 0 Å². The number of carbonyl (C=O) groups excluding carboxylic acids is 1. The van der Waals surface area contributed by atoms with Crippen molar-refractivity contribution in [2.75, 3.05) is 7.11 Å². The van der Waals surface area contributed by atoms with Gasteiger partial charge in [0.05, 0.1) is 18.8 Å². The Morgan fingerprint density at radius 2 is 1.96 bits per heavy atom. The Bertz CT molecular complexity index is 953. The highest BCUT2D eigenvalue weighted by molar-refractivity contribution is 6.32. The lowest BCUT2D eigenvalue weighted by atomic mass is 10.1. The number of halogens is 1. The minimum Gasteiger partial charge on any atom is -0.497 e. The standard InChI is InChI=1S/C19H16ClN3O2/c1-12-3-4-14-10-15(18(20)22-17(14)9-12)11-21-23-19(24)13-5-7-16(25-2)8-6-13/h3-11H,1-2H3,(H,23,24)/b21-11+. The number of fused-ring (bicyclic) bond motifs is 1. The van der Waals surface area contributed by atoms with Gasteiger partial charge in [-0.3, -0.25) is 4.79 Å². The lowest BCUT2D eigenvalue weighted by Crippen LogP contribution is -2.17. The first-order chi connectivity index (χ1) is 12.1. The number of aryl methyl sites for hydroxylation is 1. The van der Waals surface area contributed by atoms with Gasteiger partial charge in [-0.15, -0.1) is 0 Å². The Morgan fingerprint density at radius 3 is 2.68 bits per heavy atom. The first-order valence-electron chi connectivity index (χ1n) is 7.61. The molecule has 126 valence electrons. The predicted molar refractivity (Wildman–Crippen MR) is 99.5 cm³/mol. The third kappa shape index (κ3) is 3.95. The molecule has 0 bridgehead atoms. The smallest absolute Gasteiger partial charge is 0.271 e. The largest absolute Gasteiger partial charge is 0.497 e. The lowest BCUT2D eigenvalue weighted by Gasteiger charge is -2.04. The van der Waals surface area contributed by atoms with Gasteiger partial charge in [-0.05, 0) is 48.9 Å². The molecule has 1 amide bonds. The van der Waals surface area contributed by atoms with Gasteiger partial charge in [0.2, 0.25) is 0 Å². The molecule has 25 heavy (non-hydrogen) atoms. The number of aromatic nitrogens is 1. The van der Waals surface area contributed by atoms with E-state index in [4.69, 9.17) is 16.3 Å². The Kier molecular flexibility index (Phi) is 4.95. The number of pyridine rings is 1. The maximum atomic E-state index is 12.1.